The molecule has 0 spiro atoms. The molecule has 0 fully saturated rings. The molecule has 23 heavy (non-hydrogen) atoms. The first-order chi connectivity index (χ1) is 10.7. The van der Waals surface area contributed by atoms with Crippen LogP contribution in [0.15, 0.2) is 24.3 Å². The Bertz CT molecular complexity index is 840. The smallest absolute Gasteiger partial charge is 0.277 e. The van der Waals surface area contributed by atoms with Gasteiger partial charge < -0.3 is 4.57 Å². The van der Waals surface area contributed by atoms with Gasteiger partial charge in [-0.25, -0.2) is 0 Å². The number of para-hydroxylation sites is 1. The van der Waals surface area contributed by atoms with Gasteiger partial charge >= 0.3 is 0 Å². The molecule has 0 saturated carbocycles. The summed E-state index contributed by atoms with van der Waals surface area (Å²) in [5, 5.41) is 0.772. The van der Waals surface area contributed by atoms with E-state index >= 15 is 0 Å². The summed E-state index contributed by atoms with van der Waals surface area (Å²) in [6.07, 6.45) is 0.161. The molecule has 0 bridgehead atoms. The van der Waals surface area contributed by atoms with Crippen molar-refractivity contribution in [3.05, 3.63) is 35.5 Å². The highest BCUT2D eigenvalue weighted by Gasteiger charge is 2.38. The molecule has 0 atom stereocenters. The molecule has 0 saturated heterocycles. The van der Waals surface area contributed by atoms with Crippen molar-refractivity contribution in [1.29, 1.82) is 0 Å². The van der Waals surface area contributed by atoms with Crippen molar-refractivity contribution < 1.29 is 14.4 Å². The van der Waals surface area contributed by atoms with E-state index in [1.165, 1.54) is 4.90 Å². The van der Waals surface area contributed by atoms with Crippen LogP contribution in [0.1, 0.15) is 48.0 Å². The highest BCUT2D eigenvalue weighted by molar-refractivity contribution is 6.20. The van der Waals surface area contributed by atoms with Gasteiger partial charge in [0.2, 0.25) is 5.91 Å². The van der Waals surface area contributed by atoms with Crippen LogP contribution in [0.5, 0.6) is 0 Å². The number of aromatic nitrogens is 1. The molecule has 1 aliphatic rings. The molecular weight excluding hydrogens is 292 g/mol. The van der Waals surface area contributed by atoms with Crippen molar-refractivity contribution in [3.8, 4) is 0 Å². The second-order valence-electron chi connectivity index (χ2n) is 6.98. The van der Waals surface area contributed by atoms with Crippen molar-refractivity contribution >= 4 is 28.5 Å². The maximum Gasteiger partial charge on any atom is 0.277 e. The molecule has 0 unspecified atom stereocenters. The summed E-state index contributed by atoms with van der Waals surface area (Å²) in [5.74, 6) is -0.729. The van der Waals surface area contributed by atoms with Crippen molar-refractivity contribution in [2.24, 2.45) is 12.5 Å². The van der Waals surface area contributed by atoms with Crippen LogP contribution in [0.3, 0.4) is 0 Å². The number of carbonyl (C=O) groups excluding carboxylic acids is 3. The highest BCUT2D eigenvalue weighted by Crippen LogP contribution is 2.31. The fraction of sp³-hybridized carbons (Fsp3) is 0.389. The zero-order chi connectivity index (χ0) is 16.9. The number of amides is 2. The van der Waals surface area contributed by atoms with Crippen LogP contribution in [0, 0.1) is 5.41 Å². The van der Waals surface area contributed by atoms with Crippen LogP contribution in [0.25, 0.3) is 10.9 Å². The van der Waals surface area contributed by atoms with Gasteiger partial charge in [-0.2, -0.15) is 0 Å². The monoisotopic (exact) mass is 312 g/mol. The fourth-order valence-electron chi connectivity index (χ4n) is 3.09. The standard InChI is InChI=1S/C18H20N2O3/c1-18(2,3)17(23)20-10-9-13(21)14-11-7-5-6-8-12(11)19(4)15(14)16(20)22/h5-8H,9-10H2,1-4H3. The molecule has 0 N–H and O–H groups in total. The molecular formula is C18H20N2O3. The number of rotatable bonds is 0. The van der Waals surface area contributed by atoms with E-state index in [0.29, 0.717) is 11.3 Å². The van der Waals surface area contributed by atoms with E-state index in [2.05, 4.69) is 0 Å². The van der Waals surface area contributed by atoms with Crippen molar-refractivity contribution in [2.45, 2.75) is 27.2 Å². The topological polar surface area (TPSA) is 59.4 Å². The van der Waals surface area contributed by atoms with Gasteiger partial charge in [0.25, 0.3) is 5.91 Å². The minimum absolute atomic E-state index is 0.0886. The minimum Gasteiger partial charge on any atom is -0.339 e. The summed E-state index contributed by atoms with van der Waals surface area (Å²) in [4.78, 5) is 39.4. The lowest BCUT2D eigenvalue weighted by molar-refractivity contribution is -0.136. The van der Waals surface area contributed by atoms with Gasteiger partial charge in [-0.15, -0.1) is 0 Å². The summed E-state index contributed by atoms with van der Waals surface area (Å²) >= 11 is 0. The molecule has 2 amide bonds. The molecule has 5 heteroatoms. The Balaban J connectivity index is 2.23. The molecule has 1 aliphatic heterocycles. The van der Waals surface area contributed by atoms with Crippen LogP contribution in [-0.2, 0) is 11.8 Å². The largest absolute Gasteiger partial charge is 0.339 e. The van der Waals surface area contributed by atoms with Crippen molar-refractivity contribution in [1.82, 2.24) is 9.47 Å². The van der Waals surface area contributed by atoms with Gasteiger partial charge in [-0.05, 0) is 6.07 Å². The van der Waals surface area contributed by atoms with E-state index in [9.17, 15) is 14.4 Å². The van der Waals surface area contributed by atoms with E-state index in [0.717, 1.165) is 10.9 Å². The number of ketones is 1. The van der Waals surface area contributed by atoms with E-state index in [1.807, 2.05) is 24.3 Å². The Hall–Kier alpha value is -2.43. The number of fused-ring (bicyclic) bond motifs is 3. The van der Waals surface area contributed by atoms with Gasteiger partial charge in [0.05, 0.1) is 5.56 Å². The normalized spacial score (nSPS) is 15.7. The van der Waals surface area contributed by atoms with Gasteiger partial charge in [-0.1, -0.05) is 39.0 Å². The number of hydrogen-bond donors (Lipinski definition) is 0. The van der Waals surface area contributed by atoms with Gasteiger partial charge in [0.1, 0.15) is 5.69 Å². The average molecular weight is 312 g/mol. The first kappa shape index (κ1) is 15.5. The van der Waals surface area contributed by atoms with E-state index in [-0.39, 0.29) is 30.6 Å². The molecule has 0 aliphatic carbocycles. The fourth-order valence-corrected chi connectivity index (χ4v) is 3.09. The molecule has 1 aromatic carbocycles. The predicted molar refractivity (Wildman–Crippen MR) is 87.4 cm³/mol. The molecule has 2 heterocycles. The summed E-state index contributed by atoms with van der Waals surface area (Å²) in [5.41, 5.74) is 0.904. The Morgan fingerprint density at radius 3 is 2.43 bits per heavy atom. The van der Waals surface area contributed by atoms with Crippen LogP contribution >= 0.6 is 0 Å². The zero-order valence-corrected chi connectivity index (χ0v) is 13.8. The molecule has 0 radical (unpaired) electrons. The SMILES string of the molecule is Cn1c2c(c3ccccc31)C(=O)CCN(C(=O)C(C)(C)C)C2=O. The third kappa shape index (κ3) is 2.27. The Morgan fingerprint density at radius 1 is 1.13 bits per heavy atom. The lowest BCUT2D eigenvalue weighted by Gasteiger charge is -2.26. The summed E-state index contributed by atoms with van der Waals surface area (Å²) in [6.45, 7) is 5.46. The maximum absolute atomic E-state index is 13.0. The van der Waals surface area contributed by atoms with Gasteiger partial charge in [0.15, 0.2) is 5.78 Å². The first-order valence-corrected chi connectivity index (χ1v) is 7.70. The van der Waals surface area contributed by atoms with Crippen LogP contribution < -0.4 is 0 Å². The number of Topliss-reactive ketones (excluding diaryl/α,β-unsaturated/α-hetero) is 1. The van der Waals surface area contributed by atoms with Crippen LogP contribution in [0.2, 0.25) is 0 Å². The van der Waals surface area contributed by atoms with E-state index < -0.39 is 5.41 Å². The van der Waals surface area contributed by atoms with E-state index in [1.54, 1.807) is 32.4 Å². The quantitative estimate of drug-likeness (QED) is 0.751. The summed E-state index contributed by atoms with van der Waals surface area (Å²) in [6, 6.07) is 7.44. The van der Waals surface area contributed by atoms with Crippen molar-refractivity contribution in [2.75, 3.05) is 6.54 Å². The van der Waals surface area contributed by atoms with E-state index in [4.69, 9.17) is 0 Å². The average Bonchev–Trinajstić information content (AvgIpc) is 2.72. The summed E-state index contributed by atoms with van der Waals surface area (Å²) in [7, 11) is 1.76. The maximum atomic E-state index is 13.0. The molecule has 5 nitrogen and oxygen atoms in total. The molecule has 3 rings (SSSR count). The summed E-state index contributed by atoms with van der Waals surface area (Å²) < 4.78 is 1.72. The second kappa shape index (κ2) is 5.05. The molecule has 1 aromatic heterocycles. The van der Waals surface area contributed by atoms with Gasteiger partial charge in [-0.3, -0.25) is 19.3 Å². The number of nitrogens with zero attached hydrogens (tertiary/aromatic N) is 2. The number of hydrogen-bond acceptors (Lipinski definition) is 3. The lowest BCUT2D eigenvalue weighted by atomic mass is 9.94. The number of benzene rings is 1. The first-order valence-electron chi connectivity index (χ1n) is 7.70. The Morgan fingerprint density at radius 2 is 1.78 bits per heavy atom. The van der Waals surface area contributed by atoms with Crippen molar-refractivity contribution in [3.63, 3.8) is 0 Å². The highest BCUT2D eigenvalue weighted by atomic mass is 16.2. The third-order valence-electron chi connectivity index (χ3n) is 4.28. The second-order valence-corrected chi connectivity index (χ2v) is 6.98. The van der Waals surface area contributed by atoms with Crippen LogP contribution in [-0.4, -0.2) is 33.6 Å². The molecule has 120 valence electrons. The molecule has 2 aromatic rings. The lowest BCUT2D eigenvalue weighted by Crippen LogP contribution is -2.44. The minimum atomic E-state index is -0.673. The third-order valence-corrected chi connectivity index (χ3v) is 4.28. The number of imide groups is 1. The zero-order valence-electron chi connectivity index (χ0n) is 13.8. The number of aryl methyl sites for hydroxylation is 1. The Labute approximate surface area is 134 Å². The van der Waals surface area contributed by atoms with Gasteiger partial charge in [0, 0.05) is 36.3 Å². The Kier molecular flexibility index (Phi) is 3.39. The van der Waals surface area contributed by atoms with Crippen LogP contribution in [0.4, 0.5) is 0 Å². The number of carbonyl (C=O) groups is 3. The predicted octanol–water partition coefficient (Wildman–Crippen LogP) is 2.78.